The van der Waals surface area contributed by atoms with Crippen LogP contribution < -0.4 is 10.1 Å². The van der Waals surface area contributed by atoms with Crippen LogP contribution in [0.4, 0.5) is 11.6 Å². The predicted molar refractivity (Wildman–Crippen MR) is 113 cm³/mol. The SMILES string of the molecule is CCN(CC)C(=O)c1ccc(Nc2nc3ccc(C)cn3n2)c(OCC2CC2)c1. The highest BCUT2D eigenvalue weighted by atomic mass is 16.5. The van der Waals surface area contributed by atoms with Gasteiger partial charge in [-0.1, -0.05) is 6.07 Å². The molecule has 0 aliphatic heterocycles. The molecule has 1 aliphatic rings. The molecule has 1 aliphatic carbocycles. The summed E-state index contributed by atoms with van der Waals surface area (Å²) in [6.45, 7) is 8.01. The molecule has 1 aromatic carbocycles. The van der Waals surface area contributed by atoms with E-state index >= 15 is 0 Å². The standard InChI is InChI=1S/C22H27N5O2/c1-4-26(5-2)21(28)17-9-10-18(19(12-17)29-14-16-7-8-16)23-22-24-20-11-6-15(3)13-27(20)25-22/h6,9-13,16H,4-5,7-8,14H2,1-3H3,(H,23,25). The van der Waals surface area contributed by atoms with Crippen molar-refractivity contribution in [1.82, 2.24) is 19.5 Å². The van der Waals surface area contributed by atoms with E-state index in [0.717, 1.165) is 16.9 Å². The number of pyridine rings is 1. The normalized spacial score (nSPS) is 13.5. The highest BCUT2D eigenvalue weighted by Gasteiger charge is 2.23. The van der Waals surface area contributed by atoms with Gasteiger partial charge in [-0.2, -0.15) is 4.98 Å². The first-order valence-electron chi connectivity index (χ1n) is 10.2. The van der Waals surface area contributed by atoms with Crippen LogP contribution in [-0.2, 0) is 0 Å². The Kier molecular flexibility index (Phi) is 5.38. The Hall–Kier alpha value is -3.09. The lowest BCUT2D eigenvalue weighted by Crippen LogP contribution is -2.30. The number of nitrogens with one attached hydrogen (secondary N) is 1. The minimum absolute atomic E-state index is 0.0131. The lowest BCUT2D eigenvalue weighted by atomic mass is 10.1. The molecule has 0 unspecified atom stereocenters. The molecule has 1 fully saturated rings. The molecule has 1 saturated carbocycles. The van der Waals surface area contributed by atoms with Crippen LogP contribution in [0.2, 0.25) is 0 Å². The fourth-order valence-electron chi connectivity index (χ4n) is 3.22. The van der Waals surface area contributed by atoms with Gasteiger partial charge in [0.25, 0.3) is 5.91 Å². The maximum absolute atomic E-state index is 12.8. The van der Waals surface area contributed by atoms with Crippen molar-refractivity contribution in [3.8, 4) is 5.75 Å². The van der Waals surface area contributed by atoms with E-state index in [0.29, 0.717) is 42.9 Å². The summed E-state index contributed by atoms with van der Waals surface area (Å²) in [6, 6.07) is 9.46. The molecule has 3 aromatic rings. The van der Waals surface area contributed by atoms with Crippen LogP contribution in [0.15, 0.2) is 36.5 Å². The number of amides is 1. The van der Waals surface area contributed by atoms with E-state index in [-0.39, 0.29) is 5.91 Å². The second kappa shape index (κ2) is 8.11. The summed E-state index contributed by atoms with van der Waals surface area (Å²) in [5.41, 5.74) is 3.27. The maximum Gasteiger partial charge on any atom is 0.253 e. The first kappa shape index (κ1) is 19.2. The number of benzene rings is 1. The van der Waals surface area contributed by atoms with Crippen molar-refractivity contribution in [3.63, 3.8) is 0 Å². The topological polar surface area (TPSA) is 71.8 Å². The second-order valence-electron chi connectivity index (χ2n) is 7.51. The van der Waals surface area contributed by atoms with Gasteiger partial charge in [0, 0.05) is 24.8 Å². The third-order valence-corrected chi connectivity index (χ3v) is 5.18. The molecule has 0 atom stereocenters. The molecule has 29 heavy (non-hydrogen) atoms. The molecule has 0 saturated heterocycles. The average Bonchev–Trinajstić information content (AvgIpc) is 3.46. The van der Waals surface area contributed by atoms with Crippen molar-refractivity contribution in [2.24, 2.45) is 5.92 Å². The van der Waals surface area contributed by atoms with Gasteiger partial charge in [-0.05, 0) is 69.4 Å². The molecule has 152 valence electrons. The summed E-state index contributed by atoms with van der Waals surface area (Å²) in [6.07, 6.45) is 4.34. The largest absolute Gasteiger partial charge is 0.491 e. The fourth-order valence-corrected chi connectivity index (χ4v) is 3.22. The number of hydrogen-bond acceptors (Lipinski definition) is 5. The fraction of sp³-hybridized carbons (Fsp3) is 0.409. The quantitative estimate of drug-likeness (QED) is 0.625. The summed E-state index contributed by atoms with van der Waals surface area (Å²) in [7, 11) is 0. The minimum atomic E-state index is 0.0131. The summed E-state index contributed by atoms with van der Waals surface area (Å²) in [5, 5.41) is 7.75. The molecule has 0 bridgehead atoms. The van der Waals surface area contributed by atoms with Gasteiger partial charge in [0.05, 0.1) is 12.3 Å². The molecule has 1 amide bonds. The zero-order chi connectivity index (χ0) is 20.4. The smallest absolute Gasteiger partial charge is 0.253 e. The first-order chi connectivity index (χ1) is 14.1. The van der Waals surface area contributed by atoms with E-state index in [1.807, 2.05) is 57.3 Å². The number of fused-ring (bicyclic) bond motifs is 1. The van der Waals surface area contributed by atoms with Gasteiger partial charge in [-0.25, -0.2) is 4.52 Å². The van der Waals surface area contributed by atoms with Gasteiger partial charge in [0.1, 0.15) is 5.75 Å². The molecule has 7 heteroatoms. The van der Waals surface area contributed by atoms with Gasteiger partial charge in [-0.3, -0.25) is 4.79 Å². The summed E-state index contributed by atoms with van der Waals surface area (Å²) >= 11 is 0. The molecular formula is C22H27N5O2. The Balaban J connectivity index is 1.62. The predicted octanol–water partition coefficient (Wildman–Crippen LogP) is 4.05. The molecule has 1 N–H and O–H groups in total. The molecule has 0 spiro atoms. The zero-order valence-electron chi connectivity index (χ0n) is 17.2. The number of carbonyl (C=O) groups excluding carboxylic acids is 1. The molecule has 0 radical (unpaired) electrons. The number of aryl methyl sites for hydroxylation is 1. The van der Waals surface area contributed by atoms with E-state index in [2.05, 4.69) is 15.4 Å². The van der Waals surface area contributed by atoms with Crippen molar-refractivity contribution < 1.29 is 9.53 Å². The lowest BCUT2D eigenvalue weighted by Gasteiger charge is -2.20. The highest BCUT2D eigenvalue weighted by molar-refractivity contribution is 5.95. The summed E-state index contributed by atoms with van der Waals surface area (Å²) in [4.78, 5) is 19.1. The monoisotopic (exact) mass is 393 g/mol. The van der Waals surface area contributed by atoms with Crippen LogP contribution in [0, 0.1) is 12.8 Å². The van der Waals surface area contributed by atoms with Crippen LogP contribution in [0.25, 0.3) is 5.65 Å². The van der Waals surface area contributed by atoms with Crippen LogP contribution in [0.3, 0.4) is 0 Å². The van der Waals surface area contributed by atoms with E-state index in [1.54, 1.807) is 9.42 Å². The van der Waals surface area contributed by atoms with Crippen molar-refractivity contribution in [3.05, 3.63) is 47.7 Å². The number of aromatic nitrogens is 3. The first-order valence-corrected chi connectivity index (χ1v) is 10.2. The molecule has 2 aromatic heterocycles. The van der Waals surface area contributed by atoms with Crippen molar-refractivity contribution in [1.29, 1.82) is 0 Å². The van der Waals surface area contributed by atoms with Gasteiger partial charge >= 0.3 is 0 Å². The zero-order valence-corrected chi connectivity index (χ0v) is 17.2. The van der Waals surface area contributed by atoms with Crippen LogP contribution >= 0.6 is 0 Å². The third kappa shape index (κ3) is 4.34. The number of nitrogens with zero attached hydrogens (tertiary/aromatic N) is 4. The number of anilines is 2. The Bertz CT molecular complexity index is 1020. The molecule has 7 nitrogen and oxygen atoms in total. The van der Waals surface area contributed by atoms with Crippen molar-refractivity contribution in [2.45, 2.75) is 33.6 Å². The van der Waals surface area contributed by atoms with Gasteiger partial charge < -0.3 is 15.0 Å². The number of carbonyl (C=O) groups is 1. The van der Waals surface area contributed by atoms with Gasteiger partial charge in [-0.15, -0.1) is 5.10 Å². The van der Waals surface area contributed by atoms with Crippen molar-refractivity contribution in [2.75, 3.05) is 25.0 Å². The number of ether oxygens (including phenoxy) is 1. The summed E-state index contributed by atoms with van der Waals surface area (Å²) in [5.74, 6) is 1.78. The van der Waals surface area contributed by atoms with Gasteiger partial charge in [0.2, 0.25) is 5.95 Å². The van der Waals surface area contributed by atoms with Crippen LogP contribution in [0.5, 0.6) is 5.75 Å². The lowest BCUT2D eigenvalue weighted by molar-refractivity contribution is 0.0772. The summed E-state index contributed by atoms with van der Waals surface area (Å²) < 4.78 is 7.82. The van der Waals surface area contributed by atoms with E-state index in [1.165, 1.54) is 12.8 Å². The highest BCUT2D eigenvalue weighted by Crippen LogP contribution is 2.33. The Morgan fingerprint density at radius 3 is 2.76 bits per heavy atom. The van der Waals surface area contributed by atoms with Gasteiger partial charge in [0.15, 0.2) is 5.65 Å². The van der Waals surface area contributed by atoms with Crippen molar-refractivity contribution >= 4 is 23.2 Å². The average molecular weight is 393 g/mol. The molecule has 4 rings (SSSR count). The van der Waals surface area contributed by atoms with Crippen LogP contribution in [0.1, 0.15) is 42.6 Å². The Morgan fingerprint density at radius 2 is 2.03 bits per heavy atom. The molecule has 2 heterocycles. The maximum atomic E-state index is 12.8. The molecular weight excluding hydrogens is 366 g/mol. The number of rotatable bonds is 8. The third-order valence-electron chi connectivity index (χ3n) is 5.18. The minimum Gasteiger partial charge on any atom is -0.491 e. The Morgan fingerprint density at radius 1 is 1.24 bits per heavy atom. The van der Waals surface area contributed by atoms with E-state index < -0.39 is 0 Å². The van der Waals surface area contributed by atoms with E-state index in [4.69, 9.17) is 4.74 Å². The second-order valence-corrected chi connectivity index (χ2v) is 7.51. The number of hydrogen-bond donors (Lipinski definition) is 1. The van der Waals surface area contributed by atoms with Crippen LogP contribution in [-0.4, -0.2) is 45.1 Å². The Labute approximate surface area is 170 Å². The van der Waals surface area contributed by atoms with E-state index in [9.17, 15) is 4.79 Å².